The van der Waals surface area contributed by atoms with Gasteiger partial charge in [0.05, 0.1) is 21.7 Å². The van der Waals surface area contributed by atoms with Gasteiger partial charge in [-0.25, -0.2) is 9.37 Å². The van der Waals surface area contributed by atoms with E-state index in [1.807, 2.05) is 43.3 Å². The molecular weight excluding hydrogens is 291 g/mol. The number of benzene rings is 2. The summed E-state index contributed by atoms with van der Waals surface area (Å²) >= 11 is 5.87. The minimum atomic E-state index is -0.504. The highest BCUT2D eigenvalue weighted by Gasteiger charge is 2.13. The van der Waals surface area contributed by atoms with Gasteiger partial charge in [0, 0.05) is 25.8 Å². The summed E-state index contributed by atoms with van der Waals surface area (Å²) in [4.78, 5) is 6.19. The van der Waals surface area contributed by atoms with Crippen LogP contribution in [0, 0.1) is 5.82 Å². The number of nitrogens with two attached hydrogens (primary N) is 1. The predicted molar refractivity (Wildman–Crippen MR) is 84.8 cm³/mol. The van der Waals surface area contributed by atoms with Crippen LogP contribution < -0.4 is 10.6 Å². The van der Waals surface area contributed by atoms with Gasteiger partial charge in [-0.2, -0.15) is 0 Å². The summed E-state index contributed by atoms with van der Waals surface area (Å²) in [7, 11) is 3.92. The first kappa shape index (κ1) is 13.7. The van der Waals surface area contributed by atoms with Crippen molar-refractivity contribution in [3.63, 3.8) is 0 Å². The molecule has 0 spiro atoms. The molecule has 0 radical (unpaired) electrons. The third-order valence-electron chi connectivity index (χ3n) is 3.33. The number of hydrogen-bond acceptors (Lipinski definition) is 3. The van der Waals surface area contributed by atoms with E-state index in [1.165, 1.54) is 12.1 Å². The van der Waals surface area contributed by atoms with Crippen LogP contribution in [0.5, 0.6) is 0 Å². The standard InChI is InChI=1S/C15H14ClFN4/c1-20(2)9-4-3-5-10(6-9)21-14-7-11(16)12(17)8-13(14)19-15(21)18/h3-8H,1-2H3,(H2,18,19). The number of anilines is 2. The average Bonchev–Trinajstić information content (AvgIpc) is 2.74. The zero-order valence-electron chi connectivity index (χ0n) is 11.6. The second-order valence-electron chi connectivity index (χ2n) is 4.97. The minimum Gasteiger partial charge on any atom is -0.378 e. The fourth-order valence-corrected chi connectivity index (χ4v) is 2.43. The van der Waals surface area contributed by atoms with E-state index in [2.05, 4.69) is 4.98 Å². The maximum absolute atomic E-state index is 13.5. The van der Waals surface area contributed by atoms with Crippen molar-refractivity contribution in [2.75, 3.05) is 24.7 Å². The van der Waals surface area contributed by atoms with Crippen molar-refractivity contribution in [3.8, 4) is 5.69 Å². The van der Waals surface area contributed by atoms with Crippen LogP contribution in [-0.2, 0) is 0 Å². The zero-order chi connectivity index (χ0) is 15.1. The van der Waals surface area contributed by atoms with Gasteiger partial charge < -0.3 is 10.6 Å². The second-order valence-corrected chi connectivity index (χ2v) is 5.38. The zero-order valence-corrected chi connectivity index (χ0v) is 12.4. The number of nitrogen functional groups attached to an aromatic ring is 1. The van der Waals surface area contributed by atoms with Crippen LogP contribution in [0.2, 0.25) is 5.02 Å². The molecule has 0 aliphatic rings. The molecule has 6 heteroatoms. The van der Waals surface area contributed by atoms with Gasteiger partial charge in [0.1, 0.15) is 5.82 Å². The van der Waals surface area contributed by atoms with Gasteiger partial charge in [0.25, 0.3) is 0 Å². The second kappa shape index (κ2) is 4.93. The Kier molecular flexibility index (Phi) is 3.22. The van der Waals surface area contributed by atoms with Crippen LogP contribution in [0.3, 0.4) is 0 Å². The largest absolute Gasteiger partial charge is 0.378 e. The molecule has 0 aliphatic heterocycles. The molecule has 21 heavy (non-hydrogen) atoms. The highest BCUT2D eigenvalue weighted by molar-refractivity contribution is 6.31. The van der Waals surface area contributed by atoms with E-state index < -0.39 is 5.82 Å². The Labute approximate surface area is 126 Å². The van der Waals surface area contributed by atoms with Gasteiger partial charge in [-0.3, -0.25) is 4.57 Å². The number of imidazole rings is 1. The summed E-state index contributed by atoms with van der Waals surface area (Å²) in [5.41, 5.74) is 9.02. The summed E-state index contributed by atoms with van der Waals surface area (Å²) in [5.74, 6) is -0.210. The lowest BCUT2D eigenvalue weighted by Gasteiger charge is -2.14. The van der Waals surface area contributed by atoms with Crippen molar-refractivity contribution >= 4 is 34.3 Å². The SMILES string of the molecule is CN(C)c1cccc(-n2c(N)nc3cc(F)c(Cl)cc32)c1. The van der Waals surface area contributed by atoms with Crippen LogP contribution in [0.4, 0.5) is 16.0 Å². The minimum absolute atomic E-state index is 0.0485. The quantitative estimate of drug-likeness (QED) is 0.788. The third-order valence-corrected chi connectivity index (χ3v) is 3.62. The van der Waals surface area contributed by atoms with Gasteiger partial charge >= 0.3 is 0 Å². The van der Waals surface area contributed by atoms with Gasteiger partial charge in [0.15, 0.2) is 0 Å². The monoisotopic (exact) mass is 304 g/mol. The van der Waals surface area contributed by atoms with E-state index in [9.17, 15) is 4.39 Å². The fourth-order valence-electron chi connectivity index (χ4n) is 2.27. The molecule has 4 nitrogen and oxygen atoms in total. The number of nitrogens with zero attached hydrogens (tertiary/aromatic N) is 3. The Morgan fingerprint density at radius 3 is 2.71 bits per heavy atom. The first-order chi connectivity index (χ1) is 9.97. The lowest BCUT2D eigenvalue weighted by atomic mass is 10.2. The molecule has 3 aromatic rings. The van der Waals surface area contributed by atoms with Crippen molar-refractivity contribution in [2.24, 2.45) is 0 Å². The first-order valence-corrected chi connectivity index (χ1v) is 6.76. The van der Waals surface area contributed by atoms with Crippen LogP contribution >= 0.6 is 11.6 Å². The van der Waals surface area contributed by atoms with E-state index >= 15 is 0 Å². The maximum atomic E-state index is 13.5. The molecule has 3 rings (SSSR count). The van der Waals surface area contributed by atoms with E-state index in [0.29, 0.717) is 17.0 Å². The molecule has 0 saturated carbocycles. The van der Waals surface area contributed by atoms with Crippen LogP contribution in [0.1, 0.15) is 0 Å². The molecule has 1 heterocycles. The smallest absolute Gasteiger partial charge is 0.205 e. The summed E-state index contributed by atoms with van der Waals surface area (Å²) in [6, 6.07) is 10.7. The molecule has 0 aliphatic carbocycles. The number of aromatic nitrogens is 2. The number of rotatable bonds is 2. The average molecular weight is 305 g/mol. The molecule has 108 valence electrons. The molecular formula is C15H14ClFN4. The molecule has 2 N–H and O–H groups in total. The summed E-state index contributed by atoms with van der Waals surface area (Å²) in [5, 5.41) is 0.0485. The molecule has 0 saturated heterocycles. The third kappa shape index (κ3) is 2.29. The first-order valence-electron chi connectivity index (χ1n) is 6.38. The normalized spacial score (nSPS) is 11.0. The Morgan fingerprint density at radius 1 is 1.24 bits per heavy atom. The van der Waals surface area contributed by atoms with Crippen molar-refractivity contribution in [3.05, 3.63) is 47.2 Å². The molecule has 0 bridgehead atoms. The Bertz CT molecular complexity index is 826. The van der Waals surface area contributed by atoms with Crippen molar-refractivity contribution < 1.29 is 4.39 Å². The van der Waals surface area contributed by atoms with Crippen molar-refractivity contribution in [1.82, 2.24) is 9.55 Å². The van der Waals surface area contributed by atoms with Crippen LogP contribution in [0.25, 0.3) is 16.7 Å². The summed E-state index contributed by atoms with van der Waals surface area (Å²) in [6.07, 6.45) is 0. The predicted octanol–water partition coefficient (Wildman–Crippen LogP) is 3.47. The fraction of sp³-hybridized carbons (Fsp3) is 0.133. The van der Waals surface area contributed by atoms with Crippen molar-refractivity contribution in [2.45, 2.75) is 0 Å². The van der Waals surface area contributed by atoms with Gasteiger partial charge in [0.2, 0.25) is 5.95 Å². The number of hydrogen-bond donors (Lipinski definition) is 1. The molecule has 0 fully saturated rings. The maximum Gasteiger partial charge on any atom is 0.205 e. The molecule has 0 amide bonds. The lowest BCUT2D eigenvalue weighted by molar-refractivity contribution is 0.630. The molecule has 0 atom stereocenters. The van der Waals surface area contributed by atoms with Gasteiger partial charge in [-0.15, -0.1) is 0 Å². The molecule has 2 aromatic carbocycles. The summed E-state index contributed by atoms with van der Waals surface area (Å²) in [6.45, 7) is 0. The lowest BCUT2D eigenvalue weighted by Crippen LogP contribution is -2.09. The molecule has 1 aromatic heterocycles. The highest BCUT2D eigenvalue weighted by atomic mass is 35.5. The van der Waals surface area contributed by atoms with E-state index in [-0.39, 0.29) is 5.02 Å². The van der Waals surface area contributed by atoms with Crippen molar-refractivity contribution in [1.29, 1.82) is 0 Å². The highest BCUT2D eigenvalue weighted by Crippen LogP contribution is 2.28. The number of fused-ring (bicyclic) bond motifs is 1. The Hall–Kier alpha value is -2.27. The van der Waals surface area contributed by atoms with E-state index in [0.717, 1.165) is 11.4 Å². The molecule has 0 unspecified atom stereocenters. The topological polar surface area (TPSA) is 47.1 Å². The van der Waals surface area contributed by atoms with E-state index in [4.69, 9.17) is 17.3 Å². The van der Waals surface area contributed by atoms with E-state index in [1.54, 1.807) is 4.57 Å². The Morgan fingerprint density at radius 2 is 2.00 bits per heavy atom. The van der Waals surface area contributed by atoms with Gasteiger partial charge in [-0.05, 0) is 24.3 Å². The Balaban J connectivity index is 2.27. The van der Waals surface area contributed by atoms with Gasteiger partial charge in [-0.1, -0.05) is 17.7 Å². The van der Waals surface area contributed by atoms with Crippen LogP contribution in [0.15, 0.2) is 36.4 Å². The number of halogens is 2. The summed E-state index contributed by atoms with van der Waals surface area (Å²) < 4.78 is 15.3. The van der Waals surface area contributed by atoms with Crippen LogP contribution in [-0.4, -0.2) is 23.6 Å².